The number of hydrogen-bond acceptors (Lipinski definition) is 3. The van der Waals surface area contributed by atoms with Crippen LogP contribution in [0.15, 0.2) is 42.5 Å². The molecule has 1 aliphatic heterocycles. The third-order valence-electron chi connectivity index (χ3n) is 6.42. The Labute approximate surface area is 185 Å². The third kappa shape index (κ3) is 4.46. The van der Waals surface area contributed by atoms with Crippen LogP contribution in [-0.4, -0.2) is 47.9 Å². The minimum absolute atomic E-state index is 0.0407. The highest BCUT2D eigenvalue weighted by molar-refractivity contribution is 5.82. The Morgan fingerprint density at radius 3 is 2.65 bits per heavy atom. The van der Waals surface area contributed by atoms with E-state index in [9.17, 15) is 9.59 Å². The van der Waals surface area contributed by atoms with Crippen LogP contribution in [0.5, 0.6) is 5.75 Å². The minimum Gasteiger partial charge on any atom is -0.481 e. The molecule has 0 saturated heterocycles. The van der Waals surface area contributed by atoms with Gasteiger partial charge in [0.2, 0.25) is 5.91 Å². The van der Waals surface area contributed by atoms with Gasteiger partial charge in [-0.2, -0.15) is 0 Å². The minimum atomic E-state index is -0.562. The summed E-state index contributed by atoms with van der Waals surface area (Å²) in [5.74, 6) is 1.07. The lowest BCUT2D eigenvalue weighted by Crippen LogP contribution is -2.41. The van der Waals surface area contributed by atoms with Gasteiger partial charge >= 0.3 is 0 Å². The second-order valence-corrected chi connectivity index (χ2v) is 8.85. The highest BCUT2D eigenvalue weighted by atomic mass is 16.5. The molecule has 1 fully saturated rings. The molecule has 1 heterocycles. The molecule has 0 N–H and O–H groups in total. The summed E-state index contributed by atoms with van der Waals surface area (Å²) >= 11 is 0. The van der Waals surface area contributed by atoms with Crippen molar-refractivity contribution in [3.8, 4) is 5.75 Å². The highest BCUT2D eigenvalue weighted by Crippen LogP contribution is 2.41. The van der Waals surface area contributed by atoms with E-state index in [1.54, 1.807) is 18.9 Å². The summed E-state index contributed by atoms with van der Waals surface area (Å²) in [5.41, 5.74) is 4.65. The van der Waals surface area contributed by atoms with E-state index in [1.807, 2.05) is 19.1 Å². The lowest BCUT2D eigenvalue weighted by Gasteiger charge is -2.38. The number of carbonyl (C=O) groups is 2. The number of nitrogens with zero attached hydrogens (tertiary/aromatic N) is 2. The standard InChI is InChI=1S/C26H32N2O3/c1-5-27(4)25(29)18(3)31-22-12-11-19-13-14-28(26(30)20-9-10-20)24(23(19)16-22)21-8-6-7-17(2)15-21/h6-8,11-12,15-16,18,20,24H,5,9-10,13-14H2,1-4H3/t18-,24+/m1/s1. The maximum Gasteiger partial charge on any atom is 0.263 e. The van der Waals surface area contributed by atoms with Crippen LogP contribution >= 0.6 is 0 Å². The van der Waals surface area contributed by atoms with E-state index >= 15 is 0 Å². The van der Waals surface area contributed by atoms with Gasteiger partial charge in [-0.1, -0.05) is 35.9 Å². The normalized spacial score (nSPS) is 18.8. The van der Waals surface area contributed by atoms with Crippen molar-refractivity contribution in [2.24, 2.45) is 5.92 Å². The monoisotopic (exact) mass is 420 g/mol. The molecule has 0 bridgehead atoms. The quantitative estimate of drug-likeness (QED) is 0.706. The van der Waals surface area contributed by atoms with Gasteiger partial charge in [0.05, 0.1) is 6.04 Å². The average molecular weight is 421 g/mol. The Balaban J connectivity index is 1.69. The Bertz CT molecular complexity index is 982. The summed E-state index contributed by atoms with van der Waals surface area (Å²) in [6.07, 6.45) is 2.27. The second-order valence-electron chi connectivity index (χ2n) is 8.85. The van der Waals surface area contributed by atoms with E-state index in [-0.39, 0.29) is 23.8 Å². The van der Waals surface area contributed by atoms with E-state index < -0.39 is 6.10 Å². The van der Waals surface area contributed by atoms with Gasteiger partial charge in [-0.15, -0.1) is 0 Å². The van der Waals surface area contributed by atoms with Gasteiger partial charge in [0.25, 0.3) is 5.91 Å². The number of fused-ring (bicyclic) bond motifs is 1. The van der Waals surface area contributed by atoms with Crippen molar-refractivity contribution in [2.45, 2.75) is 52.2 Å². The predicted octanol–water partition coefficient (Wildman–Crippen LogP) is 4.12. The molecule has 2 aliphatic rings. The first-order valence-corrected chi connectivity index (χ1v) is 11.3. The second kappa shape index (κ2) is 8.74. The molecule has 4 rings (SSSR count). The summed E-state index contributed by atoms with van der Waals surface area (Å²) in [7, 11) is 1.78. The lowest BCUT2D eigenvalue weighted by atomic mass is 9.87. The van der Waals surface area contributed by atoms with Crippen molar-refractivity contribution < 1.29 is 14.3 Å². The number of hydrogen-bond donors (Lipinski definition) is 0. The maximum atomic E-state index is 13.1. The molecule has 5 heteroatoms. The number of amides is 2. The molecule has 2 aromatic carbocycles. The molecule has 0 aromatic heterocycles. The topological polar surface area (TPSA) is 49.9 Å². The lowest BCUT2D eigenvalue weighted by molar-refractivity contribution is -0.136. The van der Waals surface area contributed by atoms with Gasteiger partial charge in [-0.25, -0.2) is 0 Å². The fraction of sp³-hybridized carbons (Fsp3) is 0.462. The fourth-order valence-corrected chi connectivity index (χ4v) is 4.39. The first kappa shape index (κ1) is 21.4. The summed E-state index contributed by atoms with van der Waals surface area (Å²) in [6, 6.07) is 14.4. The molecular formula is C26H32N2O3. The summed E-state index contributed by atoms with van der Waals surface area (Å²) < 4.78 is 6.03. The Kier molecular flexibility index (Phi) is 6.03. The molecule has 2 aromatic rings. The van der Waals surface area contributed by atoms with Gasteiger partial charge in [0, 0.05) is 26.1 Å². The summed E-state index contributed by atoms with van der Waals surface area (Å²) in [4.78, 5) is 29.3. The molecule has 2 amide bonds. The van der Waals surface area contributed by atoms with E-state index in [0.717, 1.165) is 36.9 Å². The number of likely N-dealkylation sites (N-methyl/N-ethyl adjacent to an activating group) is 1. The smallest absolute Gasteiger partial charge is 0.263 e. The van der Waals surface area contributed by atoms with Gasteiger partial charge < -0.3 is 14.5 Å². The van der Waals surface area contributed by atoms with Crippen LogP contribution in [0.2, 0.25) is 0 Å². The molecular weight excluding hydrogens is 388 g/mol. The predicted molar refractivity (Wildman–Crippen MR) is 121 cm³/mol. The van der Waals surface area contributed by atoms with Crippen molar-refractivity contribution in [1.29, 1.82) is 0 Å². The van der Waals surface area contributed by atoms with Crippen LogP contribution in [0.25, 0.3) is 0 Å². The Morgan fingerprint density at radius 1 is 1.19 bits per heavy atom. The third-order valence-corrected chi connectivity index (χ3v) is 6.42. The molecule has 0 unspecified atom stereocenters. The molecule has 31 heavy (non-hydrogen) atoms. The van der Waals surface area contributed by atoms with Crippen molar-refractivity contribution in [1.82, 2.24) is 9.80 Å². The zero-order chi connectivity index (χ0) is 22.1. The van der Waals surface area contributed by atoms with Crippen LogP contribution in [0, 0.1) is 12.8 Å². The van der Waals surface area contributed by atoms with Crippen LogP contribution < -0.4 is 4.74 Å². The van der Waals surface area contributed by atoms with Gasteiger partial charge in [0.1, 0.15) is 5.75 Å². The number of benzene rings is 2. The van der Waals surface area contributed by atoms with E-state index in [1.165, 1.54) is 11.1 Å². The Hall–Kier alpha value is -2.82. The molecule has 5 nitrogen and oxygen atoms in total. The van der Waals surface area contributed by atoms with Gasteiger partial charge in [-0.3, -0.25) is 9.59 Å². The van der Waals surface area contributed by atoms with Gasteiger partial charge in [-0.05, 0) is 68.9 Å². The SMILES string of the molecule is CCN(C)C(=O)[C@@H](C)Oc1ccc2c(c1)[C@H](c1cccc(C)c1)N(C(=O)C1CC1)CC2. The first-order chi connectivity index (χ1) is 14.9. The van der Waals surface area contributed by atoms with Crippen molar-refractivity contribution in [3.05, 3.63) is 64.7 Å². The molecule has 0 radical (unpaired) electrons. The number of carbonyl (C=O) groups excluding carboxylic acids is 2. The highest BCUT2D eigenvalue weighted by Gasteiger charge is 2.39. The Morgan fingerprint density at radius 2 is 1.97 bits per heavy atom. The van der Waals surface area contributed by atoms with Crippen molar-refractivity contribution >= 4 is 11.8 Å². The molecule has 164 valence electrons. The van der Waals surface area contributed by atoms with Crippen LogP contribution in [0.1, 0.15) is 55.0 Å². The number of ether oxygens (including phenoxy) is 1. The molecule has 0 spiro atoms. The van der Waals surface area contributed by atoms with Crippen molar-refractivity contribution in [3.63, 3.8) is 0 Å². The molecule has 1 aliphatic carbocycles. The van der Waals surface area contributed by atoms with E-state index in [2.05, 4.69) is 42.2 Å². The van der Waals surface area contributed by atoms with E-state index in [0.29, 0.717) is 12.3 Å². The summed E-state index contributed by atoms with van der Waals surface area (Å²) in [5, 5.41) is 0. The maximum absolute atomic E-state index is 13.1. The molecule has 1 saturated carbocycles. The largest absolute Gasteiger partial charge is 0.481 e. The van der Waals surface area contributed by atoms with Crippen LogP contribution in [0.3, 0.4) is 0 Å². The molecule has 2 atom stereocenters. The average Bonchev–Trinajstić information content (AvgIpc) is 3.62. The zero-order valence-electron chi connectivity index (χ0n) is 18.9. The van der Waals surface area contributed by atoms with Crippen molar-refractivity contribution in [2.75, 3.05) is 20.1 Å². The number of rotatable bonds is 6. The fourth-order valence-electron chi connectivity index (χ4n) is 4.39. The first-order valence-electron chi connectivity index (χ1n) is 11.3. The van der Waals surface area contributed by atoms with Gasteiger partial charge in [0.15, 0.2) is 6.10 Å². The summed E-state index contributed by atoms with van der Waals surface area (Å²) in [6.45, 7) is 7.19. The zero-order valence-corrected chi connectivity index (χ0v) is 18.9. The van der Waals surface area contributed by atoms with Crippen LogP contribution in [0.4, 0.5) is 0 Å². The van der Waals surface area contributed by atoms with E-state index in [4.69, 9.17) is 4.74 Å². The number of aryl methyl sites for hydroxylation is 1. The van der Waals surface area contributed by atoms with Crippen LogP contribution in [-0.2, 0) is 16.0 Å².